The summed E-state index contributed by atoms with van der Waals surface area (Å²) in [7, 11) is 3.31. The van der Waals surface area contributed by atoms with E-state index in [-0.39, 0.29) is 0 Å². The van der Waals surface area contributed by atoms with Crippen molar-refractivity contribution in [2.45, 2.75) is 51.4 Å². The first-order chi connectivity index (χ1) is 32.6. The molecule has 2 heterocycles. The molecule has 8 aromatic rings. The van der Waals surface area contributed by atoms with E-state index in [9.17, 15) is 0 Å². The second-order valence-electron chi connectivity index (χ2n) is 15.5. The third-order valence-electron chi connectivity index (χ3n) is 10.8. The second kappa shape index (κ2) is 23.2. The van der Waals surface area contributed by atoms with Gasteiger partial charge in [-0.3, -0.25) is 9.98 Å². The summed E-state index contributed by atoms with van der Waals surface area (Å²) in [4.78, 5) is 9.36. The Kier molecular flexibility index (Phi) is 15.7. The van der Waals surface area contributed by atoms with Crippen LogP contribution < -0.4 is 18.9 Å². The van der Waals surface area contributed by atoms with Crippen molar-refractivity contribution in [3.05, 3.63) is 157 Å². The zero-order chi connectivity index (χ0) is 45.2. The minimum atomic E-state index is 0.458. The number of aliphatic imine (C=N–C) groups is 2. The van der Waals surface area contributed by atoms with Crippen molar-refractivity contribution < 1.29 is 27.8 Å². The van der Waals surface area contributed by atoms with E-state index >= 15 is 0 Å². The van der Waals surface area contributed by atoms with E-state index in [0.29, 0.717) is 36.8 Å². The highest BCUT2D eigenvalue weighted by atomic mass is 16.5. The number of benzene rings is 6. The Morgan fingerprint density at radius 1 is 0.409 bits per heavy atom. The Hall–Kier alpha value is -7.86. The smallest absolute Gasteiger partial charge is 0.248 e. The van der Waals surface area contributed by atoms with Crippen molar-refractivity contribution in [2.24, 2.45) is 9.98 Å². The monoisotopic (exact) mass is 880 g/mol. The number of aromatic nitrogens is 4. The van der Waals surface area contributed by atoms with E-state index in [1.165, 1.54) is 25.7 Å². The lowest BCUT2D eigenvalue weighted by molar-refractivity contribution is 0.300. The van der Waals surface area contributed by atoms with Crippen LogP contribution in [0, 0.1) is 0 Å². The van der Waals surface area contributed by atoms with Crippen LogP contribution in [0.25, 0.3) is 45.8 Å². The van der Waals surface area contributed by atoms with Gasteiger partial charge >= 0.3 is 0 Å². The summed E-state index contributed by atoms with van der Waals surface area (Å²) in [6, 6.07) is 46.4. The van der Waals surface area contributed by atoms with E-state index in [1.54, 1.807) is 26.6 Å². The Labute approximate surface area is 385 Å². The van der Waals surface area contributed by atoms with Crippen LogP contribution in [-0.4, -0.2) is 60.3 Å². The fraction of sp³-hybridized carbons (Fsp3) is 0.222. The third kappa shape index (κ3) is 12.4. The van der Waals surface area contributed by atoms with Gasteiger partial charge in [0.1, 0.15) is 23.0 Å². The zero-order valence-electron chi connectivity index (χ0n) is 37.2. The molecule has 0 aliphatic heterocycles. The number of nitrogens with zero attached hydrogens (tertiary/aromatic N) is 6. The van der Waals surface area contributed by atoms with Crippen molar-refractivity contribution in [1.82, 2.24) is 20.4 Å². The van der Waals surface area contributed by atoms with Gasteiger partial charge in [0.05, 0.1) is 38.8 Å². The minimum Gasteiger partial charge on any atom is -0.496 e. The molecule has 0 saturated heterocycles. The average molecular weight is 881 g/mol. The molecule has 0 aliphatic carbocycles. The molecule has 8 rings (SSSR count). The summed E-state index contributed by atoms with van der Waals surface area (Å²) in [6.07, 6.45) is 12.7. The van der Waals surface area contributed by atoms with E-state index in [2.05, 4.69) is 30.4 Å². The molecule has 0 radical (unpaired) electrons. The topological polar surface area (TPSA) is 139 Å². The van der Waals surface area contributed by atoms with Crippen LogP contribution in [0.15, 0.2) is 164 Å². The van der Waals surface area contributed by atoms with Gasteiger partial charge in [-0.1, -0.05) is 74.9 Å². The van der Waals surface area contributed by atoms with Crippen LogP contribution in [-0.2, 0) is 0 Å². The van der Waals surface area contributed by atoms with E-state index in [0.717, 1.165) is 93.4 Å². The normalized spacial score (nSPS) is 11.4. The van der Waals surface area contributed by atoms with Gasteiger partial charge in [0.25, 0.3) is 0 Å². The lowest BCUT2D eigenvalue weighted by Gasteiger charge is -2.10. The van der Waals surface area contributed by atoms with Crippen LogP contribution in [0.5, 0.6) is 23.0 Å². The maximum Gasteiger partial charge on any atom is 0.248 e. The van der Waals surface area contributed by atoms with Gasteiger partial charge in [-0.15, -0.1) is 20.4 Å². The van der Waals surface area contributed by atoms with Crippen LogP contribution in [0.3, 0.4) is 0 Å². The minimum absolute atomic E-state index is 0.458. The number of ether oxygens (including phenoxy) is 4. The molecule has 0 saturated carbocycles. The molecule has 12 heteroatoms. The molecule has 6 aromatic carbocycles. The summed E-state index contributed by atoms with van der Waals surface area (Å²) in [5.41, 5.74) is 6.66. The first kappa shape index (κ1) is 44.7. The van der Waals surface area contributed by atoms with Gasteiger partial charge in [0.2, 0.25) is 23.6 Å². The highest BCUT2D eigenvalue weighted by Gasteiger charge is 2.12. The zero-order valence-corrected chi connectivity index (χ0v) is 37.2. The first-order valence-corrected chi connectivity index (χ1v) is 22.3. The standard InChI is InChI=1S/C54H52N6O6/c1-61-49-31-29-47(35-43(49)37-55-45-25-21-41(22-26-45)53-59-57-51(65-53)39-17-11-9-12-18-39)63-33-15-7-5-3-4-6-8-16-34-64-48-30-32-50(62-2)44(36-48)38-56-46-27-23-42(24-28-46)54-60-58-52(66-54)40-19-13-10-14-20-40/h9-14,17-32,35-38H,3-8,15-16,33-34H2,1-2H3. The van der Waals surface area contributed by atoms with Crippen LogP contribution in [0.2, 0.25) is 0 Å². The van der Waals surface area contributed by atoms with Crippen molar-refractivity contribution in [3.63, 3.8) is 0 Å². The van der Waals surface area contributed by atoms with Gasteiger partial charge in [-0.2, -0.15) is 0 Å². The summed E-state index contributed by atoms with van der Waals surface area (Å²) in [5.74, 6) is 4.93. The van der Waals surface area contributed by atoms with Crippen LogP contribution >= 0.6 is 0 Å². The number of hydrogen-bond acceptors (Lipinski definition) is 12. The largest absolute Gasteiger partial charge is 0.496 e. The van der Waals surface area contributed by atoms with Crippen molar-refractivity contribution in [3.8, 4) is 68.8 Å². The Morgan fingerprint density at radius 2 is 0.758 bits per heavy atom. The molecule has 0 amide bonds. The lowest BCUT2D eigenvalue weighted by Crippen LogP contribution is -1.99. The van der Waals surface area contributed by atoms with Gasteiger partial charge in [-0.05, 0) is 122 Å². The molecule has 0 bridgehead atoms. The molecular weight excluding hydrogens is 829 g/mol. The molecule has 0 unspecified atom stereocenters. The van der Waals surface area contributed by atoms with Crippen molar-refractivity contribution >= 4 is 23.8 Å². The second-order valence-corrected chi connectivity index (χ2v) is 15.5. The lowest BCUT2D eigenvalue weighted by atomic mass is 10.1. The average Bonchev–Trinajstić information content (AvgIpc) is 4.08. The van der Waals surface area contributed by atoms with Gasteiger partial charge in [-0.25, -0.2) is 0 Å². The quantitative estimate of drug-likeness (QED) is 0.0450. The molecule has 0 spiro atoms. The van der Waals surface area contributed by atoms with Crippen molar-refractivity contribution in [2.75, 3.05) is 27.4 Å². The summed E-state index contributed by atoms with van der Waals surface area (Å²) in [5, 5.41) is 16.8. The number of methoxy groups -OCH3 is 2. The molecule has 0 N–H and O–H groups in total. The fourth-order valence-electron chi connectivity index (χ4n) is 7.19. The molecule has 334 valence electrons. The molecule has 12 nitrogen and oxygen atoms in total. The Balaban J connectivity index is 0.699. The van der Waals surface area contributed by atoms with Gasteiger partial charge < -0.3 is 27.8 Å². The summed E-state index contributed by atoms with van der Waals surface area (Å²) >= 11 is 0. The molecule has 0 atom stereocenters. The number of hydrogen-bond donors (Lipinski definition) is 0. The highest BCUT2D eigenvalue weighted by molar-refractivity contribution is 5.87. The molecule has 2 aromatic heterocycles. The molecule has 66 heavy (non-hydrogen) atoms. The Bertz CT molecular complexity index is 2590. The highest BCUT2D eigenvalue weighted by Crippen LogP contribution is 2.29. The van der Waals surface area contributed by atoms with Crippen molar-refractivity contribution in [1.29, 1.82) is 0 Å². The summed E-state index contributed by atoms with van der Waals surface area (Å²) in [6.45, 7) is 1.32. The SMILES string of the molecule is COc1ccc(OCCCCCCCCCCOc2ccc(OC)c(C=Nc3ccc(-c4nnc(-c5ccccc5)o4)cc3)c2)cc1C=Nc1ccc(-c2nnc(-c3ccccc3)o2)cc1. The van der Waals surface area contributed by atoms with E-state index < -0.39 is 0 Å². The van der Waals surface area contributed by atoms with Gasteiger partial charge in [0, 0.05) is 45.8 Å². The van der Waals surface area contributed by atoms with Gasteiger partial charge in [0.15, 0.2) is 0 Å². The predicted octanol–water partition coefficient (Wildman–Crippen LogP) is 13.2. The number of rotatable bonds is 23. The summed E-state index contributed by atoms with van der Waals surface area (Å²) < 4.78 is 35.2. The number of unbranched alkanes of at least 4 members (excludes halogenated alkanes) is 7. The van der Waals surface area contributed by atoms with Crippen LogP contribution in [0.4, 0.5) is 11.4 Å². The first-order valence-electron chi connectivity index (χ1n) is 22.3. The third-order valence-corrected chi connectivity index (χ3v) is 10.8. The maximum absolute atomic E-state index is 6.11. The fourth-order valence-corrected chi connectivity index (χ4v) is 7.19. The maximum atomic E-state index is 6.11. The van der Waals surface area contributed by atoms with E-state index in [4.69, 9.17) is 27.8 Å². The van der Waals surface area contributed by atoms with E-state index in [1.807, 2.05) is 146 Å². The Morgan fingerprint density at radius 3 is 1.12 bits per heavy atom. The van der Waals surface area contributed by atoms with Crippen LogP contribution in [0.1, 0.15) is 62.5 Å². The predicted molar refractivity (Wildman–Crippen MR) is 259 cm³/mol. The molecular formula is C54H52N6O6. The molecule has 0 aliphatic rings. The molecule has 0 fully saturated rings.